The Kier molecular flexibility index (Phi) is 4.57. The molecule has 2 aromatic rings. The zero-order chi connectivity index (χ0) is 19.7. The fraction of sp³-hybridized carbons (Fsp3) is 0.300. The lowest BCUT2D eigenvalue weighted by molar-refractivity contribution is 0.0943. The number of nitrogens with one attached hydrogen (secondary N) is 2. The Bertz CT molecular complexity index is 955. The second-order valence-electron chi connectivity index (χ2n) is 6.80. The molecule has 4 rings (SSSR count). The Labute approximate surface area is 163 Å². The molecule has 142 valence electrons. The van der Waals surface area contributed by atoms with Crippen LogP contribution < -0.4 is 20.4 Å². The van der Waals surface area contributed by atoms with Crippen molar-refractivity contribution in [2.24, 2.45) is 0 Å². The third kappa shape index (κ3) is 3.22. The van der Waals surface area contributed by atoms with Crippen LogP contribution in [0.5, 0.6) is 0 Å². The molecule has 0 radical (unpaired) electrons. The normalized spacial score (nSPS) is 18.1. The minimum absolute atomic E-state index is 0.00773. The average Bonchev–Trinajstić information content (AvgIpc) is 3.12. The van der Waals surface area contributed by atoms with Crippen LogP contribution >= 0.6 is 0 Å². The molecule has 8 heteroatoms. The van der Waals surface area contributed by atoms with Gasteiger partial charge in [0.25, 0.3) is 5.91 Å². The Morgan fingerprint density at radius 2 is 2.18 bits per heavy atom. The SMILES string of the molecule is C#C[C@@H](C)NC(=O)c1ccc2c(n1)N(C(=O)Nc1ccccn1)[C@H]1CCN2C1. The summed E-state index contributed by atoms with van der Waals surface area (Å²) in [6.45, 7) is 3.30. The molecule has 2 atom stereocenters. The highest BCUT2D eigenvalue weighted by molar-refractivity contribution is 6.05. The van der Waals surface area contributed by atoms with Gasteiger partial charge in [0.2, 0.25) is 0 Å². The van der Waals surface area contributed by atoms with Crippen molar-refractivity contribution in [3.05, 3.63) is 42.2 Å². The van der Waals surface area contributed by atoms with E-state index in [2.05, 4.69) is 31.4 Å². The molecule has 0 unspecified atom stereocenters. The molecule has 2 aromatic heterocycles. The molecular weight excluding hydrogens is 356 g/mol. The van der Waals surface area contributed by atoms with Crippen LogP contribution in [-0.4, -0.2) is 47.1 Å². The first-order chi connectivity index (χ1) is 13.6. The number of aromatic nitrogens is 2. The molecule has 4 heterocycles. The predicted molar refractivity (Wildman–Crippen MR) is 106 cm³/mol. The van der Waals surface area contributed by atoms with Gasteiger partial charge >= 0.3 is 6.03 Å². The van der Waals surface area contributed by atoms with Crippen LogP contribution in [0.3, 0.4) is 0 Å². The number of amides is 3. The van der Waals surface area contributed by atoms with E-state index in [1.165, 1.54) is 0 Å². The Hall–Kier alpha value is -3.60. The fourth-order valence-corrected chi connectivity index (χ4v) is 3.52. The molecule has 0 aliphatic carbocycles. The minimum Gasteiger partial charge on any atom is -0.366 e. The van der Waals surface area contributed by atoms with E-state index in [-0.39, 0.29) is 23.7 Å². The molecule has 0 saturated carbocycles. The van der Waals surface area contributed by atoms with Crippen molar-refractivity contribution < 1.29 is 9.59 Å². The van der Waals surface area contributed by atoms with Crippen LogP contribution in [0.4, 0.5) is 22.1 Å². The highest BCUT2D eigenvalue weighted by atomic mass is 16.2. The number of hydrogen-bond donors (Lipinski definition) is 2. The molecule has 3 amide bonds. The maximum absolute atomic E-state index is 13.0. The van der Waals surface area contributed by atoms with Gasteiger partial charge in [0, 0.05) is 19.3 Å². The molecule has 2 N–H and O–H groups in total. The summed E-state index contributed by atoms with van der Waals surface area (Å²) in [6.07, 6.45) is 7.78. The van der Waals surface area contributed by atoms with Crippen molar-refractivity contribution in [1.82, 2.24) is 15.3 Å². The monoisotopic (exact) mass is 376 g/mol. The topological polar surface area (TPSA) is 90.5 Å². The van der Waals surface area contributed by atoms with E-state index < -0.39 is 6.04 Å². The summed E-state index contributed by atoms with van der Waals surface area (Å²) in [7, 11) is 0. The number of terminal acetylenes is 1. The summed E-state index contributed by atoms with van der Waals surface area (Å²) in [5, 5.41) is 5.51. The van der Waals surface area contributed by atoms with E-state index in [1.54, 1.807) is 42.3 Å². The van der Waals surface area contributed by atoms with E-state index in [0.717, 1.165) is 25.2 Å². The maximum atomic E-state index is 13.0. The molecule has 1 fully saturated rings. The number of urea groups is 1. The van der Waals surface area contributed by atoms with Crippen molar-refractivity contribution in [3.8, 4) is 12.3 Å². The molecule has 2 aliphatic heterocycles. The van der Waals surface area contributed by atoms with Crippen molar-refractivity contribution in [3.63, 3.8) is 0 Å². The van der Waals surface area contributed by atoms with Gasteiger partial charge in [-0.2, -0.15) is 0 Å². The van der Waals surface area contributed by atoms with Crippen molar-refractivity contribution in [2.45, 2.75) is 25.4 Å². The van der Waals surface area contributed by atoms with Crippen molar-refractivity contribution in [1.29, 1.82) is 0 Å². The molecular formula is C20H20N6O2. The van der Waals surface area contributed by atoms with Crippen molar-refractivity contribution in [2.75, 3.05) is 28.2 Å². The van der Waals surface area contributed by atoms with E-state index >= 15 is 0 Å². The smallest absolute Gasteiger partial charge is 0.329 e. The number of hydrogen-bond acceptors (Lipinski definition) is 5. The highest BCUT2D eigenvalue weighted by Crippen LogP contribution is 2.39. The summed E-state index contributed by atoms with van der Waals surface area (Å²) in [6, 6.07) is 8.07. The number of carbonyl (C=O) groups excluding carboxylic acids is 2. The van der Waals surface area contributed by atoms with Crippen LogP contribution in [0, 0.1) is 12.3 Å². The molecule has 0 spiro atoms. The second-order valence-corrected chi connectivity index (χ2v) is 6.80. The largest absolute Gasteiger partial charge is 0.366 e. The van der Waals surface area contributed by atoms with Gasteiger partial charge in [0.1, 0.15) is 11.5 Å². The molecule has 8 nitrogen and oxygen atoms in total. The quantitative estimate of drug-likeness (QED) is 0.798. The van der Waals surface area contributed by atoms with Gasteiger partial charge in [0.15, 0.2) is 5.82 Å². The number of anilines is 3. The summed E-state index contributed by atoms with van der Waals surface area (Å²) in [5.41, 5.74) is 1.06. The van der Waals surface area contributed by atoms with Crippen LogP contribution in [0.25, 0.3) is 0 Å². The number of nitrogens with zero attached hydrogens (tertiary/aromatic N) is 4. The van der Waals surface area contributed by atoms with Crippen molar-refractivity contribution >= 4 is 29.3 Å². The van der Waals surface area contributed by atoms with E-state index in [0.29, 0.717) is 11.6 Å². The van der Waals surface area contributed by atoms with Gasteiger partial charge in [-0.15, -0.1) is 6.42 Å². The number of fused-ring (bicyclic) bond motifs is 4. The third-order valence-corrected chi connectivity index (χ3v) is 4.90. The molecule has 2 bridgehead atoms. The second kappa shape index (κ2) is 7.19. The number of carbonyl (C=O) groups is 2. The van der Waals surface area contributed by atoms with E-state index in [4.69, 9.17) is 6.42 Å². The average molecular weight is 376 g/mol. The fourth-order valence-electron chi connectivity index (χ4n) is 3.52. The summed E-state index contributed by atoms with van der Waals surface area (Å²) in [5.74, 6) is 3.03. The molecule has 1 saturated heterocycles. The Balaban J connectivity index is 1.66. The molecule has 28 heavy (non-hydrogen) atoms. The Morgan fingerprint density at radius 3 is 2.93 bits per heavy atom. The first-order valence-corrected chi connectivity index (χ1v) is 9.11. The molecule has 2 aliphatic rings. The van der Waals surface area contributed by atoms with Gasteiger partial charge in [-0.1, -0.05) is 12.0 Å². The maximum Gasteiger partial charge on any atom is 0.329 e. The lowest BCUT2D eigenvalue weighted by atomic mass is 10.1. The minimum atomic E-state index is -0.409. The summed E-state index contributed by atoms with van der Waals surface area (Å²) in [4.78, 5) is 37.9. The first-order valence-electron chi connectivity index (χ1n) is 9.11. The third-order valence-electron chi connectivity index (χ3n) is 4.90. The predicted octanol–water partition coefficient (Wildman–Crippen LogP) is 1.86. The van der Waals surface area contributed by atoms with Gasteiger partial charge in [-0.3, -0.25) is 15.0 Å². The summed E-state index contributed by atoms with van der Waals surface area (Å²) < 4.78 is 0. The van der Waals surface area contributed by atoms with Gasteiger partial charge in [-0.25, -0.2) is 14.8 Å². The van der Waals surface area contributed by atoms with Gasteiger partial charge < -0.3 is 10.2 Å². The highest BCUT2D eigenvalue weighted by Gasteiger charge is 2.40. The zero-order valence-corrected chi connectivity index (χ0v) is 15.4. The molecule has 0 aromatic carbocycles. The standard InChI is InChI=1S/C20H20N6O2/c1-3-13(2)22-19(27)15-7-8-16-18(23-15)26(14-9-11-25(16)12-14)20(28)24-17-6-4-5-10-21-17/h1,4-8,10,13-14H,9,11-12H2,2H3,(H,22,27)(H,21,24,28)/t13-,14+/m1/s1. The van der Waals surface area contributed by atoms with E-state index in [1.807, 2.05) is 6.07 Å². The lowest BCUT2D eigenvalue weighted by Crippen LogP contribution is -2.48. The van der Waals surface area contributed by atoms with Crippen LogP contribution in [0.15, 0.2) is 36.5 Å². The van der Waals surface area contributed by atoms with Crippen LogP contribution in [-0.2, 0) is 0 Å². The van der Waals surface area contributed by atoms with Gasteiger partial charge in [-0.05, 0) is 37.6 Å². The number of pyridine rings is 2. The first kappa shape index (κ1) is 17.8. The zero-order valence-electron chi connectivity index (χ0n) is 15.4. The lowest BCUT2D eigenvalue weighted by Gasteiger charge is -2.35. The number of rotatable bonds is 3. The van der Waals surface area contributed by atoms with Crippen LogP contribution in [0.2, 0.25) is 0 Å². The van der Waals surface area contributed by atoms with E-state index in [9.17, 15) is 9.59 Å². The summed E-state index contributed by atoms with van der Waals surface area (Å²) >= 11 is 0. The van der Waals surface area contributed by atoms with Crippen LogP contribution in [0.1, 0.15) is 23.8 Å². The Morgan fingerprint density at radius 1 is 1.32 bits per heavy atom. The van der Waals surface area contributed by atoms with Gasteiger partial charge in [0.05, 0.1) is 17.8 Å².